The fraction of sp³-hybridized carbons (Fsp3) is 0.364. The lowest BCUT2D eigenvalue weighted by atomic mass is 10.0. The molecule has 2 N–H and O–H groups in total. The van der Waals surface area contributed by atoms with Gasteiger partial charge in [0.15, 0.2) is 0 Å². The normalized spacial score (nSPS) is 18.7. The van der Waals surface area contributed by atoms with E-state index in [1.165, 1.54) is 6.42 Å². The van der Waals surface area contributed by atoms with Crippen LogP contribution in [0.4, 0.5) is 5.69 Å². The number of nitrogens with one attached hydrogen (secondary N) is 1. The van der Waals surface area contributed by atoms with Gasteiger partial charge in [-0.3, -0.25) is 19.8 Å². The van der Waals surface area contributed by atoms with Crippen molar-refractivity contribution in [3.63, 3.8) is 0 Å². The summed E-state index contributed by atoms with van der Waals surface area (Å²) >= 11 is 18.6. The number of hydrazone groups is 1. The van der Waals surface area contributed by atoms with Gasteiger partial charge in [-0.2, -0.15) is 13.5 Å². The average Bonchev–Trinajstić information content (AvgIpc) is 3.19. The molecule has 0 spiro atoms. The Bertz CT molecular complexity index is 1150. The number of halogens is 3. The zero-order chi connectivity index (χ0) is 24.9. The van der Waals surface area contributed by atoms with Gasteiger partial charge in [-0.05, 0) is 48.7 Å². The Morgan fingerprint density at radius 2 is 1.62 bits per heavy atom. The maximum absolute atomic E-state index is 12.9. The molecule has 2 aliphatic rings. The molecular formula is C22H25Cl3N4O4S. The summed E-state index contributed by atoms with van der Waals surface area (Å²) in [6, 6.07) is 12.7. The summed E-state index contributed by atoms with van der Waals surface area (Å²) in [6.45, 7) is 1.73. The predicted molar refractivity (Wildman–Crippen MR) is 136 cm³/mol. The van der Waals surface area contributed by atoms with Crippen molar-refractivity contribution in [3.05, 3.63) is 63.1 Å². The van der Waals surface area contributed by atoms with Gasteiger partial charge in [0.2, 0.25) is 0 Å². The van der Waals surface area contributed by atoms with Crippen LogP contribution in [0.3, 0.4) is 0 Å². The smallest absolute Gasteiger partial charge is 0.281 e. The molecule has 1 atom stereocenters. The molecule has 34 heavy (non-hydrogen) atoms. The molecule has 1 fully saturated rings. The van der Waals surface area contributed by atoms with Gasteiger partial charge in [0.05, 0.1) is 23.0 Å². The number of anilines is 1. The number of nitrogens with zero attached hydrogens (tertiary/aromatic N) is 3. The van der Waals surface area contributed by atoms with Gasteiger partial charge >= 0.3 is 0 Å². The highest BCUT2D eigenvalue weighted by Crippen LogP contribution is 2.39. The van der Waals surface area contributed by atoms with E-state index in [4.69, 9.17) is 39.4 Å². The van der Waals surface area contributed by atoms with E-state index in [0.717, 1.165) is 31.5 Å². The van der Waals surface area contributed by atoms with Crippen LogP contribution >= 0.6 is 34.8 Å². The summed E-state index contributed by atoms with van der Waals surface area (Å²) in [6.07, 6.45) is 4.57. The summed E-state index contributed by atoms with van der Waals surface area (Å²) in [5, 5.41) is 10.1. The molecule has 0 aromatic heterocycles. The van der Waals surface area contributed by atoms with Gasteiger partial charge < -0.3 is 0 Å². The monoisotopic (exact) mass is 546 g/mol. The number of carbonyl (C=O) groups is 1. The third-order valence-electron chi connectivity index (χ3n) is 5.20. The van der Waals surface area contributed by atoms with Crippen LogP contribution < -0.4 is 10.4 Å². The number of amides is 1. The van der Waals surface area contributed by atoms with Crippen molar-refractivity contribution in [2.45, 2.75) is 31.7 Å². The maximum Gasteiger partial charge on any atom is 0.281 e. The SMILES string of the molecule is CS(=O)(=O)O.O=C(NN1CCCCC1)C1=NN(c2ccc(Cl)cc2Cl)C(c2ccc(Cl)cc2)C1. The summed E-state index contributed by atoms with van der Waals surface area (Å²) in [5.74, 6) is -0.168. The molecule has 2 heterocycles. The summed E-state index contributed by atoms with van der Waals surface area (Å²) in [4.78, 5) is 12.9. The Morgan fingerprint density at radius 3 is 2.21 bits per heavy atom. The molecule has 12 heteroatoms. The van der Waals surface area contributed by atoms with E-state index in [0.29, 0.717) is 39.1 Å². The molecular weight excluding hydrogens is 523 g/mol. The number of hydrogen-bond acceptors (Lipinski definition) is 6. The zero-order valence-electron chi connectivity index (χ0n) is 18.4. The second kappa shape index (κ2) is 11.7. The summed E-state index contributed by atoms with van der Waals surface area (Å²) < 4.78 is 25.9. The number of carbonyl (C=O) groups excluding carboxylic acids is 1. The van der Waals surface area contributed by atoms with E-state index in [1.807, 2.05) is 35.3 Å². The van der Waals surface area contributed by atoms with E-state index in [-0.39, 0.29) is 11.9 Å². The molecule has 2 aromatic rings. The zero-order valence-corrected chi connectivity index (χ0v) is 21.5. The average molecular weight is 548 g/mol. The van der Waals surface area contributed by atoms with Crippen LogP contribution in [0.5, 0.6) is 0 Å². The standard InChI is InChI=1S/C21H21Cl3N4O.CH4O3S/c22-15-6-4-14(5-7-15)20-13-18(21(29)26-27-10-2-1-3-11-27)25-28(20)19-9-8-16(23)12-17(19)24;1-5(2,3)4/h4-9,12,20H,1-3,10-11,13H2,(H,26,29);1H3,(H,2,3,4). The molecule has 1 amide bonds. The van der Waals surface area contributed by atoms with Gasteiger partial charge in [-0.25, -0.2) is 5.01 Å². The lowest BCUT2D eigenvalue weighted by Crippen LogP contribution is -2.47. The fourth-order valence-corrected chi connectivity index (χ4v) is 4.32. The van der Waals surface area contributed by atoms with Crippen LogP contribution in [0, 0.1) is 0 Å². The first-order valence-corrected chi connectivity index (χ1v) is 13.5. The third kappa shape index (κ3) is 7.83. The molecule has 2 aliphatic heterocycles. The first-order chi connectivity index (χ1) is 16.0. The van der Waals surface area contributed by atoms with Crippen LogP contribution in [-0.4, -0.2) is 48.9 Å². The second-order valence-corrected chi connectivity index (χ2v) is 10.7. The van der Waals surface area contributed by atoms with Crippen LogP contribution in [0.15, 0.2) is 47.6 Å². The van der Waals surface area contributed by atoms with Gasteiger partial charge in [0, 0.05) is 29.6 Å². The van der Waals surface area contributed by atoms with Crippen molar-refractivity contribution in [2.24, 2.45) is 5.10 Å². The Balaban J connectivity index is 0.000000588. The molecule has 0 bridgehead atoms. The van der Waals surface area contributed by atoms with E-state index >= 15 is 0 Å². The number of rotatable bonds is 4. The molecule has 1 unspecified atom stereocenters. The second-order valence-electron chi connectivity index (χ2n) is 7.98. The highest BCUT2D eigenvalue weighted by Gasteiger charge is 2.34. The number of hydrogen-bond donors (Lipinski definition) is 2. The maximum atomic E-state index is 12.9. The summed E-state index contributed by atoms with van der Waals surface area (Å²) in [7, 11) is -3.67. The highest BCUT2D eigenvalue weighted by atomic mass is 35.5. The Labute approximate surface area is 214 Å². The third-order valence-corrected chi connectivity index (χ3v) is 5.99. The highest BCUT2D eigenvalue weighted by molar-refractivity contribution is 7.85. The predicted octanol–water partition coefficient (Wildman–Crippen LogP) is 4.98. The summed E-state index contributed by atoms with van der Waals surface area (Å²) in [5.41, 5.74) is 5.18. The van der Waals surface area contributed by atoms with E-state index < -0.39 is 10.1 Å². The largest absolute Gasteiger partial charge is 0.286 e. The molecule has 1 saturated heterocycles. The van der Waals surface area contributed by atoms with Crippen LogP contribution in [0.25, 0.3) is 0 Å². The lowest BCUT2D eigenvalue weighted by molar-refractivity contribution is -0.119. The van der Waals surface area contributed by atoms with Crippen LogP contribution in [0.1, 0.15) is 37.3 Å². The molecule has 0 aliphatic carbocycles. The number of hydrazine groups is 1. The van der Waals surface area contributed by atoms with Gasteiger partial charge in [-0.15, -0.1) is 0 Å². The van der Waals surface area contributed by atoms with Crippen LogP contribution in [0.2, 0.25) is 15.1 Å². The van der Waals surface area contributed by atoms with Crippen molar-refractivity contribution >= 4 is 62.2 Å². The lowest BCUT2D eigenvalue weighted by Gasteiger charge is -2.26. The van der Waals surface area contributed by atoms with Crippen LogP contribution in [-0.2, 0) is 14.9 Å². The van der Waals surface area contributed by atoms with E-state index in [1.54, 1.807) is 17.1 Å². The van der Waals surface area contributed by atoms with Gasteiger partial charge in [0.25, 0.3) is 16.0 Å². The molecule has 184 valence electrons. The van der Waals surface area contributed by atoms with E-state index in [2.05, 4.69) is 10.5 Å². The minimum Gasteiger partial charge on any atom is -0.286 e. The quantitative estimate of drug-likeness (QED) is 0.524. The minimum atomic E-state index is -3.67. The molecule has 2 aromatic carbocycles. The van der Waals surface area contributed by atoms with Gasteiger partial charge in [-0.1, -0.05) is 53.4 Å². The van der Waals surface area contributed by atoms with Crippen molar-refractivity contribution in [1.82, 2.24) is 10.4 Å². The fourth-order valence-electron chi connectivity index (χ4n) is 3.69. The molecule has 0 radical (unpaired) electrons. The van der Waals surface area contributed by atoms with Crippen molar-refractivity contribution in [1.29, 1.82) is 0 Å². The first-order valence-electron chi connectivity index (χ1n) is 10.6. The number of benzene rings is 2. The van der Waals surface area contributed by atoms with Crippen molar-refractivity contribution < 1.29 is 17.8 Å². The Kier molecular flexibility index (Phi) is 9.20. The minimum absolute atomic E-state index is 0.159. The molecule has 4 rings (SSSR count). The van der Waals surface area contributed by atoms with E-state index in [9.17, 15) is 13.2 Å². The molecule has 8 nitrogen and oxygen atoms in total. The molecule has 0 saturated carbocycles. The Hall–Kier alpha value is -1.88. The first kappa shape index (κ1) is 26.7. The van der Waals surface area contributed by atoms with Crippen molar-refractivity contribution in [2.75, 3.05) is 24.4 Å². The number of piperidine rings is 1. The Morgan fingerprint density at radius 1 is 1.03 bits per heavy atom. The van der Waals surface area contributed by atoms with Gasteiger partial charge in [0.1, 0.15) is 5.71 Å². The van der Waals surface area contributed by atoms with Crippen molar-refractivity contribution in [3.8, 4) is 0 Å². The topological polar surface area (TPSA) is 102 Å².